The van der Waals surface area contributed by atoms with Crippen molar-refractivity contribution in [2.24, 2.45) is 0 Å². The molecule has 0 unspecified atom stereocenters. The predicted octanol–water partition coefficient (Wildman–Crippen LogP) is 3.65. The summed E-state index contributed by atoms with van der Waals surface area (Å²) in [5.74, 6) is 1.68. The zero-order chi connectivity index (χ0) is 18.2. The molecule has 136 valence electrons. The van der Waals surface area contributed by atoms with Crippen LogP contribution in [-0.2, 0) is 6.54 Å². The van der Waals surface area contributed by atoms with Crippen LogP contribution in [0.15, 0.2) is 48.5 Å². The van der Waals surface area contributed by atoms with Crippen molar-refractivity contribution in [3.05, 3.63) is 59.7 Å². The van der Waals surface area contributed by atoms with Crippen molar-refractivity contribution in [2.75, 3.05) is 20.3 Å². The highest BCUT2D eigenvalue weighted by molar-refractivity contribution is 5.31. The normalized spacial score (nSPS) is 12.4. The number of ether oxygens (including phenoxy) is 2. The maximum Gasteiger partial charge on any atom is 0.122 e. The molecule has 0 fully saturated rings. The van der Waals surface area contributed by atoms with Gasteiger partial charge in [0.25, 0.3) is 0 Å². The van der Waals surface area contributed by atoms with E-state index in [0.717, 1.165) is 23.6 Å². The number of para-hydroxylation sites is 1. The molecular formula is C21H29NO3. The van der Waals surface area contributed by atoms with E-state index in [1.807, 2.05) is 43.3 Å². The smallest absolute Gasteiger partial charge is 0.122 e. The summed E-state index contributed by atoms with van der Waals surface area (Å²) in [7, 11) is 1.67. The summed E-state index contributed by atoms with van der Waals surface area (Å²) in [4.78, 5) is 2.24. The van der Waals surface area contributed by atoms with E-state index in [-0.39, 0.29) is 6.61 Å². The molecule has 0 spiro atoms. The fourth-order valence-corrected chi connectivity index (χ4v) is 2.65. The Labute approximate surface area is 151 Å². The topological polar surface area (TPSA) is 41.9 Å². The average molecular weight is 343 g/mol. The third-order valence-corrected chi connectivity index (χ3v) is 4.25. The first-order chi connectivity index (χ1) is 12.0. The van der Waals surface area contributed by atoms with Crippen molar-refractivity contribution in [1.82, 2.24) is 4.90 Å². The van der Waals surface area contributed by atoms with Crippen LogP contribution < -0.4 is 9.47 Å². The highest BCUT2D eigenvalue weighted by Gasteiger charge is 2.16. The van der Waals surface area contributed by atoms with Gasteiger partial charge in [0.2, 0.25) is 0 Å². The Morgan fingerprint density at radius 2 is 1.72 bits per heavy atom. The number of rotatable bonds is 9. The first-order valence-electron chi connectivity index (χ1n) is 8.73. The molecule has 0 bridgehead atoms. The number of aliphatic hydroxyl groups excluding tert-OH is 1. The molecule has 4 heteroatoms. The second-order valence-corrected chi connectivity index (χ2v) is 6.60. The van der Waals surface area contributed by atoms with Crippen LogP contribution in [0.25, 0.3) is 0 Å². The number of hydrogen-bond acceptors (Lipinski definition) is 4. The molecule has 0 aliphatic rings. The minimum atomic E-state index is -0.541. The minimum absolute atomic E-state index is 0.288. The molecule has 25 heavy (non-hydrogen) atoms. The molecule has 0 amide bonds. The summed E-state index contributed by atoms with van der Waals surface area (Å²) >= 11 is 0. The Hall–Kier alpha value is -2.04. The highest BCUT2D eigenvalue weighted by Crippen LogP contribution is 2.17. The van der Waals surface area contributed by atoms with E-state index < -0.39 is 6.10 Å². The minimum Gasteiger partial charge on any atom is -0.497 e. The zero-order valence-corrected chi connectivity index (χ0v) is 15.6. The molecular weight excluding hydrogens is 314 g/mol. The maximum atomic E-state index is 10.4. The van der Waals surface area contributed by atoms with Gasteiger partial charge in [0, 0.05) is 19.1 Å². The van der Waals surface area contributed by atoms with Crippen molar-refractivity contribution >= 4 is 0 Å². The molecule has 2 aromatic rings. The first kappa shape index (κ1) is 19.3. The number of aliphatic hydroxyl groups is 1. The highest BCUT2D eigenvalue weighted by atomic mass is 16.5. The molecule has 0 aliphatic carbocycles. The largest absolute Gasteiger partial charge is 0.497 e. The van der Waals surface area contributed by atoms with E-state index in [4.69, 9.17) is 9.47 Å². The summed E-state index contributed by atoms with van der Waals surface area (Å²) in [6.07, 6.45) is -0.541. The quantitative estimate of drug-likeness (QED) is 0.754. The summed E-state index contributed by atoms with van der Waals surface area (Å²) in [6.45, 7) is 7.91. The first-order valence-corrected chi connectivity index (χ1v) is 8.73. The number of nitrogens with zero attached hydrogens (tertiary/aromatic N) is 1. The van der Waals surface area contributed by atoms with E-state index in [0.29, 0.717) is 12.6 Å². The van der Waals surface area contributed by atoms with Gasteiger partial charge >= 0.3 is 0 Å². The van der Waals surface area contributed by atoms with E-state index in [1.54, 1.807) is 7.11 Å². The maximum absolute atomic E-state index is 10.4. The molecule has 2 aromatic carbocycles. The van der Waals surface area contributed by atoms with Gasteiger partial charge in [-0.15, -0.1) is 0 Å². The molecule has 0 heterocycles. The Morgan fingerprint density at radius 3 is 2.32 bits per heavy atom. The summed E-state index contributed by atoms with van der Waals surface area (Å²) in [6, 6.07) is 16.2. The molecule has 0 radical (unpaired) electrons. The number of hydrogen-bond donors (Lipinski definition) is 1. The van der Waals surface area contributed by atoms with Crippen molar-refractivity contribution in [1.29, 1.82) is 0 Å². The van der Waals surface area contributed by atoms with Gasteiger partial charge in [-0.1, -0.05) is 30.3 Å². The molecule has 1 atom stereocenters. The summed E-state index contributed by atoms with van der Waals surface area (Å²) < 4.78 is 11.0. The van der Waals surface area contributed by atoms with Crippen molar-refractivity contribution in [2.45, 2.75) is 39.5 Å². The lowest BCUT2D eigenvalue weighted by atomic mass is 10.1. The average Bonchev–Trinajstić information content (AvgIpc) is 2.61. The molecule has 0 saturated heterocycles. The van der Waals surface area contributed by atoms with Gasteiger partial charge in [-0.3, -0.25) is 4.90 Å². The molecule has 4 nitrogen and oxygen atoms in total. The molecule has 1 N–H and O–H groups in total. The van der Waals surface area contributed by atoms with Crippen LogP contribution in [0.2, 0.25) is 0 Å². The predicted molar refractivity (Wildman–Crippen MR) is 101 cm³/mol. The Bertz CT molecular complexity index is 640. The van der Waals surface area contributed by atoms with Crippen LogP contribution in [-0.4, -0.2) is 42.4 Å². The van der Waals surface area contributed by atoms with Gasteiger partial charge in [0.15, 0.2) is 0 Å². The van der Waals surface area contributed by atoms with Crippen LogP contribution >= 0.6 is 0 Å². The van der Waals surface area contributed by atoms with Crippen LogP contribution in [0.4, 0.5) is 0 Å². The van der Waals surface area contributed by atoms with E-state index in [1.165, 1.54) is 5.56 Å². The zero-order valence-electron chi connectivity index (χ0n) is 15.6. The molecule has 0 saturated carbocycles. The van der Waals surface area contributed by atoms with Crippen molar-refractivity contribution in [3.8, 4) is 11.5 Å². The third kappa shape index (κ3) is 6.07. The second kappa shape index (κ2) is 9.44. The number of benzene rings is 2. The monoisotopic (exact) mass is 343 g/mol. The molecule has 2 rings (SSSR count). The van der Waals surface area contributed by atoms with E-state index in [9.17, 15) is 5.11 Å². The van der Waals surface area contributed by atoms with Crippen LogP contribution in [0.3, 0.4) is 0 Å². The lowest BCUT2D eigenvalue weighted by Gasteiger charge is -2.29. The fraction of sp³-hybridized carbons (Fsp3) is 0.429. The second-order valence-electron chi connectivity index (χ2n) is 6.60. The lowest BCUT2D eigenvalue weighted by Crippen LogP contribution is -2.39. The standard InChI is InChI=1S/C21H29NO3/c1-16(2)22(13-18-9-11-20(24-4)12-10-18)14-19(23)15-25-21-8-6-5-7-17(21)3/h5-12,16,19,23H,13-15H2,1-4H3/t19-/m0/s1. The van der Waals surface area contributed by atoms with E-state index in [2.05, 4.69) is 30.9 Å². The fourth-order valence-electron chi connectivity index (χ4n) is 2.65. The van der Waals surface area contributed by atoms with Crippen LogP contribution in [0.1, 0.15) is 25.0 Å². The molecule has 0 aromatic heterocycles. The Kier molecular flexibility index (Phi) is 7.29. The third-order valence-electron chi connectivity index (χ3n) is 4.25. The summed E-state index contributed by atoms with van der Waals surface area (Å²) in [5, 5.41) is 10.4. The number of methoxy groups -OCH3 is 1. The lowest BCUT2D eigenvalue weighted by molar-refractivity contribution is 0.0541. The molecule has 0 aliphatic heterocycles. The van der Waals surface area contributed by atoms with Gasteiger partial charge in [-0.2, -0.15) is 0 Å². The van der Waals surface area contributed by atoms with Crippen LogP contribution in [0, 0.1) is 6.92 Å². The van der Waals surface area contributed by atoms with Crippen molar-refractivity contribution < 1.29 is 14.6 Å². The Balaban J connectivity index is 1.90. The van der Waals surface area contributed by atoms with Gasteiger partial charge in [-0.05, 0) is 50.1 Å². The van der Waals surface area contributed by atoms with Gasteiger partial charge in [-0.25, -0.2) is 0 Å². The van der Waals surface area contributed by atoms with Gasteiger partial charge in [0.1, 0.15) is 24.2 Å². The number of aryl methyl sites for hydroxylation is 1. The van der Waals surface area contributed by atoms with Gasteiger partial charge < -0.3 is 14.6 Å². The van der Waals surface area contributed by atoms with E-state index >= 15 is 0 Å². The van der Waals surface area contributed by atoms with Crippen molar-refractivity contribution in [3.63, 3.8) is 0 Å². The van der Waals surface area contributed by atoms with Gasteiger partial charge in [0.05, 0.1) is 7.11 Å². The Morgan fingerprint density at radius 1 is 1.04 bits per heavy atom. The van der Waals surface area contributed by atoms with Crippen LogP contribution in [0.5, 0.6) is 11.5 Å². The summed E-state index contributed by atoms with van der Waals surface area (Å²) in [5.41, 5.74) is 2.27. The SMILES string of the molecule is COc1ccc(CN(C[C@H](O)COc2ccccc2C)C(C)C)cc1.